The molecule has 1 aliphatic rings. The van der Waals surface area contributed by atoms with Crippen LogP contribution in [0.2, 0.25) is 0 Å². The maximum Gasteiger partial charge on any atom is 0.251 e. The summed E-state index contributed by atoms with van der Waals surface area (Å²) in [5, 5.41) is 3.08. The van der Waals surface area contributed by atoms with E-state index in [1.807, 2.05) is 18.2 Å². The largest absolute Gasteiger partial charge is 0.349 e. The first-order chi connectivity index (χ1) is 8.08. The van der Waals surface area contributed by atoms with Crippen molar-refractivity contribution in [2.45, 2.75) is 52.0 Å². The lowest BCUT2D eigenvalue weighted by atomic mass is 9.92. The van der Waals surface area contributed by atoms with Crippen LogP contribution in [-0.4, -0.2) is 11.9 Å². The normalized spacial score (nSPS) is 15.8. The number of aryl methyl sites for hydroxylation is 1. The molecule has 0 atom stereocenters. The van der Waals surface area contributed by atoms with E-state index in [4.69, 9.17) is 0 Å². The van der Waals surface area contributed by atoms with Crippen molar-refractivity contribution < 1.29 is 4.79 Å². The standard InChI is InChI=1S/C15H21NO/c1-10(2)14-9-12(8-7-11(14)3)15(17)16-13-5-4-6-13/h7-10,13H,4-6H2,1-3H3,(H,16,17). The fourth-order valence-corrected chi connectivity index (χ4v) is 2.23. The average Bonchev–Trinajstić information content (AvgIpc) is 2.23. The lowest BCUT2D eigenvalue weighted by Gasteiger charge is -2.26. The Morgan fingerprint density at radius 1 is 1.35 bits per heavy atom. The SMILES string of the molecule is Cc1ccc(C(=O)NC2CCC2)cc1C(C)C. The summed E-state index contributed by atoms with van der Waals surface area (Å²) in [5.74, 6) is 0.544. The lowest BCUT2D eigenvalue weighted by molar-refractivity contribution is 0.0917. The summed E-state index contributed by atoms with van der Waals surface area (Å²) in [6.07, 6.45) is 3.51. The van der Waals surface area contributed by atoms with Crippen molar-refractivity contribution in [1.82, 2.24) is 5.32 Å². The Labute approximate surface area is 103 Å². The van der Waals surface area contributed by atoms with Gasteiger partial charge in [0.2, 0.25) is 0 Å². The van der Waals surface area contributed by atoms with Gasteiger partial charge in [0.1, 0.15) is 0 Å². The Balaban J connectivity index is 2.14. The summed E-state index contributed by atoms with van der Waals surface area (Å²) in [4.78, 5) is 12.0. The molecule has 1 aliphatic carbocycles. The summed E-state index contributed by atoms with van der Waals surface area (Å²) >= 11 is 0. The van der Waals surface area contributed by atoms with Crippen LogP contribution >= 0.6 is 0 Å². The van der Waals surface area contributed by atoms with Crippen LogP contribution in [0.3, 0.4) is 0 Å². The molecule has 1 aromatic rings. The van der Waals surface area contributed by atoms with Gasteiger partial charge in [0, 0.05) is 11.6 Å². The highest BCUT2D eigenvalue weighted by Gasteiger charge is 2.20. The van der Waals surface area contributed by atoms with Crippen LogP contribution in [-0.2, 0) is 0 Å². The van der Waals surface area contributed by atoms with E-state index in [0.29, 0.717) is 12.0 Å². The summed E-state index contributed by atoms with van der Waals surface area (Å²) in [7, 11) is 0. The Bertz CT molecular complexity index is 419. The van der Waals surface area contributed by atoms with E-state index in [2.05, 4.69) is 26.1 Å². The predicted octanol–water partition coefficient (Wildman–Crippen LogP) is 3.40. The molecule has 1 saturated carbocycles. The number of benzene rings is 1. The molecule has 2 rings (SSSR count). The maximum atomic E-state index is 12.0. The van der Waals surface area contributed by atoms with Gasteiger partial charge in [-0.1, -0.05) is 19.9 Å². The third kappa shape index (κ3) is 2.68. The van der Waals surface area contributed by atoms with Gasteiger partial charge in [-0.3, -0.25) is 4.79 Å². The predicted molar refractivity (Wildman–Crippen MR) is 70.4 cm³/mol. The van der Waals surface area contributed by atoms with E-state index < -0.39 is 0 Å². The number of hydrogen-bond acceptors (Lipinski definition) is 1. The topological polar surface area (TPSA) is 29.1 Å². The Hall–Kier alpha value is -1.31. The van der Waals surface area contributed by atoms with Crippen molar-refractivity contribution in [2.75, 3.05) is 0 Å². The summed E-state index contributed by atoms with van der Waals surface area (Å²) in [6.45, 7) is 6.43. The summed E-state index contributed by atoms with van der Waals surface area (Å²) in [6, 6.07) is 6.42. The van der Waals surface area contributed by atoms with Crippen LogP contribution in [0.15, 0.2) is 18.2 Å². The molecule has 1 N–H and O–H groups in total. The molecule has 0 heterocycles. The third-order valence-electron chi connectivity index (χ3n) is 3.60. The highest BCUT2D eigenvalue weighted by molar-refractivity contribution is 5.94. The molecule has 0 aromatic heterocycles. The zero-order valence-corrected chi connectivity index (χ0v) is 10.9. The number of hydrogen-bond donors (Lipinski definition) is 1. The average molecular weight is 231 g/mol. The summed E-state index contributed by atoms with van der Waals surface area (Å²) in [5.41, 5.74) is 3.33. The van der Waals surface area contributed by atoms with Crippen LogP contribution in [0, 0.1) is 6.92 Å². The first-order valence-corrected chi connectivity index (χ1v) is 6.49. The van der Waals surface area contributed by atoms with Gasteiger partial charge >= 0.3 is 0 Å². The van der Waals surface area contributed by atoms with Crippen LogP contribution in [0.25, 0.3) is 0 Å². The molecule has 0 spiro atoms. The maximum absolute atomic E-state index is 12.0. The van der Waals surface area contributed by atoms with Gasteiger partial charge in [-0.15, -0.1) is 0 Å². The van der Waals surface area contributed by atoms with Crippen molar-refractivity contribution in [2.24, 2.45) is 0 Å². The van der Waals surface area contributed by atoms with Crippen molar-refractivity contribution in [3.63, 3.8) is 0 Å². The van der Waals surface area contributed by atoms with E-state index >= 15 is 0 Å². The fourth-order valence-electron chi connectivity index (χ4n) is 2.23. The van der Waals surface area contributed by atoms with E-state index in [0.717, 1.165) is 18.4 Å². The lowest BCUT2D eigenvalue weighted by Crippen LogP contribution is -2.39. The highest BCUT2D eigenvalue weighted by atomic mass is 16.1. The van der Waals surface area contributed by atoms with Crippen molar-refractivity contribution >= 4 is 5.91 Å². The molecule has 1 amide bonds. The first-order valence-electron chi connectivity index (χ1n) is 6.49. The molecule has 17 heavy (non-hydrogen) atoms. The van der Waals surface area contributed by atoms with Crippen LogP contribution in [0.5, 0.6) is 0 Å². The van der Waals surface area contributed by atoms with Crippen molar-refractivity contribution in [3.8, 4) is 0 Å². The minimum Gasteiger partial charge on any atom is -0.349 e. The number of nitrogens with one attached hydrogen (secondary N) is 1. The van der Waals surface area contributed by atoms with Gasteiger partial charge in [0.05, 0.1) is 0 Å². The Kier molecular flexibility index (Phi) is 3.51. The van der Waals surface area contributed by atoms with Crippen LogP contribution < -0.4 is 5.32 Å². The van der Waals surface area contributed by atoms with Gasteiger partial charge in [-0.25, -0.2) is 0 Å². The molecule has 2 heteroatoms. The Morgan fingerprint density at radius 3 is 2.59 bits per heavy atom. The number of amides is 1. The molecular weight excluding hydrogens is 210 g/mol. The molecule has 0 unspecified atom stereocenters. The van der Waals surface area contributed by atoms with E-state index in [1.165, 1.54) is 17.5 Å². The monoisotopic (exact) mass is 231 g/mol. The quantitative estimate of drug-likeness (QED) is 0.848. The van der Waals surface area contributed by atoms with E-state index in [1.54, 1.807) is 0 Å². The van der Waals surface area contributed by atoms with Crippen molar-refractivity contribution in [1.29, 1.82) is 0 Å². The van der Waals surface area contributed by atoms with Crippen LogP contribution in [0.4, 0.5) is 0 Å². The van der Waals surface area contributed by atoms with Crippen molar-refractivity contribution in [3.05, 3.63) is 34.9 Å². The molecule has 1 aromatic carbocycles. The van der Waals surface area contributed by atoms with Gasteiger partial charge < -0.3 is 5.32 Å². The van der Waals surface area contributed by atoms with Crippen LogP contribution in [0.1, 0.15) is 60.5 Å². The summed E-state index contributed by atoms with van der Waals surface area (Å²) < 4.78 is 0. The van der Waals surface area contributed by atoms with Gasteiger partial charge in [0.15, 0.2) is 0 Å². The van der Waals surface area contributed by atoms with Gasteiger partial charge in [0.25, 0.3) is 5.91 Å². The van der Waals surface area contributed by atoms with Gasteiger partial charge in [-0.2, -0.15) is 0 Å². The van der Waals surface area contributed by atoms with Gasteiger partial charge in [-0.05, 0) is 55.4 Å². The minimum atomic E-state index is 0.0802. The van der Waals surface area contributed by atoms with E-state index in [-0.39, 0.29) is 5.91 Å². The second kappa shape index (κ2) is 4.91. The first kappa shape index (κ1) is 12.2. The highest BCUT2D eigenvalue weighted by Crippen LogP contribution is 2.22. The molecule has 0 radical (unpaired) electrons. The molecule has 0 bridgehead atoms. The molecule has 0 saturated heterocycles. The third-order valence-corrected chi connectivity index (χ3v) is 3.60. The fraction of sp³-hybridized carbons (Fsp3) is 0.533. The number of rotatable bonds is 3. The zero-order chi connectivity index (χ0) is 12.4. The smallest absolute Gasteiger partial charge is 0.251 e. The second-order valence-corrected chi connectivity index (χ2v) is 5.33. The van der Waals surface area contributed by atoms with E-state index in [9.17, 15) is 4.79 Å². The second-order valence-electron chi connectivity index (χ2n) is 5.33. The Morgan fingerprint density at radius 2 is 2.06 bits per heavy atom. The molecule has 2 nitrogen and oxygen atoms in total. The molecule has 1 fully saturated rings. The number of carbonyl (C=O) groups excluding carboxylic acids is 1. The molecular formula is C15H21NO. The molecule has 0 aliphatic heterocycles. The molecule has 92 valence electrons. The number of carbonyl (C=O) groups is 1. The minimum absolute atomic E-state index is 0.0802. The zero-order valence-electron chi connectivity index (χ0n) is 10.9.